The number of carbonyl (C=O) groups excluding carboxylic acids is 1. The fourth-order valence-electron chi connectivity index (χ4n) is 4.04. The summed E-state index contributed by atoms with van der Waals surface area (Å²) in [5, 5.41) is 0. The third-order valence-electron chi connectivity index (χ3n) is 5.45. The van der Waals surface area contributed by atoms with Gasteiger partial charge in [0.25, 0.3) is 0 Å². The Balaban J connectivity index is 1.66. The van der Waals surface area contributed by atoms with E-state index in [2.05, 4.69) is 4.90 Å². The fourth-order valence-corrected chi connectivity index (χ4v) is 5.63. The standard InChI is InChI=1S/C21H25N3O3S/c25-20(17-22-13-7-8-14-22)23-15-16-24(21(23)18-9-3-1-4-10-18)28(26,27)19-11-5-2-6-12-19/h1-6,9-12,21H,7-8,13-17H2. The maximum Gasteiger partial charge on any atom is 0.245 e. The first kappa shape index (κ1) is 19.1. The molecule has 0 saturated carbocycles. The second kappa shape index (κ2) is 8.03. The highest BCUT2D eigenvalue weighted by molar-refractivity contribution is 7.89. The molecule has 0 aromatic heterocycles. The van der Waals surface area contributed by atoms with Gasteiger partial charge in [0.1, 0.15) is 6.17 Å². The van der Waals surface area contributed by atoms with Crippen molar-refractivity contribution in [3.8, 4) is 0 Å². The molecule has 2 aliphatic rings. The van der Waals surface area contributed by atoms with Gasteiger partial charge < -0.3 is 4.90 Å². The number of hydrogen-bond acceptors (Lipinski definition) is 4. The number of rotatable bonds is 5. The average molecular weight is 400 g/mol. The molecule has 1 amide bonds. The van der Waals surface area contributed by atoms with Crippen LogP contribution >= 0.6 is 0 Å². The van der Waals surface area contributed by atoms with Crippen molar-refractivity contribution in [1.82, 2.24) is 14.1 Å². The van der Waals surface area contributed by atoms with Crippen LogP contribution in [-0.4, -0.2) is 61.2 Å². The minimum Gasteiger partial charge on any atom is -0.319 e. The molecule has 0 spiro atoms. The van der Waals surface area contributed by atoms with E-state index in [0.29, 0.717) is 19.6 Å². The lowest BCUT2D eigenvalue weighted by Gasteiger charge is -2.31. The van der Waals surface area contributed by atoms with Crippen molar-refractivity contribution in [2.24, 2.45) is 0 Å². The van der Waals surface area contributed by atoms with Gasteiger partial charge in [0.2, 0.25) is 15.9 Å². The molecule has 6 nitrogen and oxygen atoms in total. The average Bonchev–Trinajstić information content (AvgIpc) is 3.39. The topological polar surface area (TPSA) is 60.9 Å². The molecule has 0 bridgehead atoms. The Morgan fingerprint density at radius 3 is 2.11 bits per heavy atom. The molecule has 4 rings (SSSR count). The molecule has 148 valence electrons. The van der Waals surface area contributed by atoms with E-state index in [1.165, 1.54) is 4.31 Å². The van der Waals surface area contributed by atoms with E-state index in [-0.39, 0.29) is 10.8 Å². The minimum absolute atomic E-state index is 0.0125. The Morgan fingerprint density at radius 1 is 0.857 bits per heavy atom. The summed E-state index contributed by atoms with van der Waals surface area (Å²) in [5.74, 6) is -0.0125. The molecule has 7 heteroatoms. The number of sulfonamides is 1. The summed E-state index contributed by atoms with van der Waals surface area (Å²) in [5.41, 5.74) is 0.814. The van der Waals surface area contributed by atoms with Gasteiger partial charge in [0, 0.05) is 13.1 Å². The zero-order chi connectivity index (χ0) is 19.6. The van der Waals surface area contributed by atoms with E-state index >= 15 is 0 Å². The van der Waals surface area contributed by atoms with Crippen molar-refractivity contribution >= 4 is 15.9 Å². The zero-order valence-electron chi connectivity index (χ0n) is 15.8. The minimum atomic E-state index is -3.70. The molecule has 2 saturated heterocycles. The van der Waals surface area contributed by atoms with E-state index in [1.54, 1.807) is 35.2 Å². The third kappa shape index (κ3) is 3.70. The summed E-state index contributed by atoms with van der Waals surface area (Å²) in [6, 6.07) is 17.9. The molecule has 2 fully saturated rings. The highest BCUT2D eigenvalue weighted by Gasteiger charge is 2.43. The lowest BCUT2D eigenvalue weighted by atomic mass is 10.1. The molecular weight excluding hydrogens is 374 g/mol. The zero-order valence-corrected chi connectivity index (χ0v) is 16.6. The van der Waals surface area contributed by atoms with Crippen molar-refractivity contribution in [2.75, 3.05) is 32.7 Å². The lowest BCUT2D eigenvalue weighted by Crippen LogP contribution is -2.42. The number of nitrogens with zero attached hydrogens (tertiary/aromatic N) is 3. The van der Waals surface area contributed by atoms with Gasteiger partial charge in [-0.2, -0.15) is 4.31 Å². The van der Waals surface area contributed by atoms with Crippen LogP contribution in [0.2, 0.25) is 0 Å². The lowest BCUT2D eigenvalue weighted by molar-refractivity contribution is -0.134. The molecule has 0 radical (unpaired) electrons. The highest BCUT2D eigenvalue weighted by Crippen LogP contribution is 2.35. The first-order valence-electron chi connectivity index (χ1n) is 9.71. The van der Waals surface area contributed by atoms with Crippen LogP contribution in [0.1, 0.15) is 24.6 Å². The molecule has 0 N–H and O–H groups in total. The number of hydrogen-bond donors (Lipinski definition) is 0. The van der Waals surface area contributed by atoms with Crippen molar-refractivity contribution in [1.29, 1.82) is 0 Å². The molecule has 2 aromatic carbocycles. The molecular formula is C21H25N3O3S. The molecule has 28 heavy (non-hydrogen) atoms. The van der Waals surface area contributed by atoms with Crippen molar-refractivity contribution in [3.05, 3.63) is 66.2 Å². The van der Waals surface area contributed by atoms with Crippen LogP contribution in [0.15, 0.2) is 65.6 Å². The highest BCUT2D eigenvalue weighted by atomic mass is 32.2. The smallest absolute Gasteiger partial charge is 0.245 e. The predicted octanol–water partition coefficient (Wildman–Crippen LogP) is 2.31. The molecule has 2 aliphatic heterocycles. The van der Waals surface area contributed by atoms with Crippen LogP contribution in [0.5, 0.6) is 0 Å². The second-order valence-corrected chi connectivity index (χ2v) is 9.17. The summed E-state index contributed by atoms with van der Waals surface area (Å²) in [7, 11) is -3.70. The van der Waals surface area contributed by atoms with Crippen LogP contribution in [0, 0.1) is 0 Å². The van der Waals surface area contributed by atoms with Gasteiger partial charge in [0.15, 0.2) is 0 Å². The molecule has 2 aromatic rings. The number of carbonyl (C=O) groups is 1. The Bertz CT molecular complexity index is 912. The van der Waals surface area contributed by atoms with Crippen molar-refractivity contribution < 1.29 is 13.2 Å². The molecule has 1 unspecified atom stereocenters. The van der Waals surface area contributed by atoms with Crippen LogP contribution in [-0.2, 0) is 14.8 Å². The van der Waals surface area contributed by atoms with Gasteiger partial charge in [-0.15, -0.1) is 0 Å². The molecule has 2 heterocycles. The van der Waals surface area contributed by atoms with Crippen LogP contribution in [0.3, 0.4) is 0 Å². The Kier molecular flexibility index (Phi) is 5.48. The van der Waals surface area contributed by atoms with Gasteiger partial charge in [-0.25, -0.2) is 8.42 Å². The van der Waals surface area contributed by atoms with Gasteiger partial charge in [-0.05, 0) is 43.6 Å². The Hall–Kier alpha value is -2.22. The number of amides is 1. The third-order valence-corrected chi connectivity index (χ3v) is 7.32. The summed E-state index contributed by atoms with van der Waals surface area (Å²) in [6.45, 7) is 2.91. The number of benzene rings is 2. The predicted molar refractivity (Wildman–Crippen MR) is 107 cm³/mol. The molecule has 1 atom stereocenters. The van der Waals surface area contributed by atoms with E-state index in [9.17, 15) is 13.2 Å². The summed E-state index contributed by atoms with van der Waals surface area (Å²) in [4.78, 5) is 17.2. The van der Waals surface area contributed by atoms with E-state index in [4.69, 9.17) is 0 Å². The van der Waals surface area contributed by atoms with E-state index < -0.39 is 16.2 Å². The quantitative estimate of drug-likeness (QED) is 0.774. The van der Waals surface area contributed by atoms with Crippen LogP contribution < -0.4 is 0 Å². The summed E-state index contributed by atoms with van der Waals surface area (Å²) < 4.78 is 28.1. The maximum atomic E-state index is 13.3. The van der Waals surface area contributed by atoms with E-state index in [1.807, 2.05) is 30.3 Å². The number of likely N-dealkylation sites (tertiary alicyclic amines) is 1. The monoisotopic (exact) mass is 399 g/mol. The first-order chi connectivity index (χ1) is 13.6. The molecule has 0 aliphatic carbocycles. The van der Waals surface area contributed by atoms with Gasteiger partial charge in [-0.3, -0.25) is 9.69 Å². The van der Waals surface area contributed by atoms with Crippen molar-refractivity contribution in [2.45, 2.75) is 23.9 Å². The largest absolute Gasteiger partial charge is 0.319 e. The van der Waals surface area contributed by atoms with Crippen LogP contribution in [0.4, 0.5) is 0 Å². The summed E-state index contributed by atoms with van der Waals surface area (Å²) >= 11 is 0. The first-order valence-corrected chi connectivity index (χ1v) is 11.1. The fraction of sp³-hybridized carbons (Fsp3) is 0.381. The Morgan fingerprint density at radius 2 is 1.46 bits per heavy atom. The SMILES string of the molecule is O=C(CN1CCCC1)N1CCN(S(=O)(=O)c2ccccc2)C1c1ccccc1. The Labute approximate surface area is 166 Å². The van der Waals surface area contributed by atoms with Gasteiger partial charge in [0.05, 0.1) is 11.4 Å². The summed E-state index contributed by atoms with van der Waals surface area (Å²) in [6.07, 6.45) is 1.62. The second-order valence-electron chi connectivity index (χ2n) is 7.28. The van der Waals surface area contributed by atoms with E-state index in [0.717, 1.165) is 31.5 Å². The van der Waals surface area contributed by atoms with Gasteiger partial charge >= 0.3 is 0 Å². The maximum absolute atomic E-state index is 13.3. The van der Waals surface area contributed by atoms with Crippen molar-refractivity contribution in [3.63, 3.8) is 0 Å². The van der Waals surface area contributed by atoms with Crippen LogP contribution in [0.25, 0.3) is 0 Å². The van der Waals surface area contributed by atoms with Gasteiger partial charge in [-0.1, -0.05) is 48.5 Å². The normalized spacial score (nSPS) is 21.3.